The second kappa shape index (κ2) is 11.0. The maximum atomic E-state index is 12.6. The van der Waals surface area contributed by atoms with E-state index in [0.717, 1.165) is 11.3 Å². The van der Waals surface area contributed by atoms with Crippen LogP contribution >= 0.6 is 11.6 Å². The minimum atomic E-state index is -0.523. The van der Waals surface area contributed by atoms with Gasteiger partial charge in [0.1, 0.15) is 17.5 Å². The highest BCUT2D eigenvalue weighted by molar-refractivity contribution is 6.30. The molecule has 1 atom stereocenters. The molecule has 2 aromatic rings. The number of amides is 1. The van der Waals surface area contributed by atoms with Crippen molar-refractivity contribution in [2.24, 2.45) is 0 Å². The number of methoxy groups -OCH3 is 1. The Morgan fingerprint density at radius 3 is 2.16 bits per heavy atom. The Morgan fingerprint density at radius 1 is 0.968 bits per heavy atom. The fourth-order valence-electron chi connectivity index (χ4n) is 3.50. The van der Waals surface area contributed by atoms with E-state index in [0.29, 0.717) is 43.6 Å². The molecule has 166 valence electrons. The van der Waals surface area contributed by atoms with Crippen molar-refractivity contribution in [2.45, 2.75) is 13.0 Å². The SMILES string of the molecule is CCOC(=O)C(c1ccc(Cl)cc1)N1CCN(C(=O)COc2ccc(OC)cc2)CC1. The summed E-state index contributed by atoms with van der Waals surface area (Å²) in [5.41, 5.74) is 0.825. The van der Waals surface area contributed by atoms with Crippen LogP contribution in [0.15, 0.2) is 48.5 Å². The van der Waals surface area contributed by atoms with Gasteiger partial charge in [0.25, 0.3) is 5.91 Å². The lowest BCUT2D eigenvalue weighted by Gasteiger charge is -2.38. The van der Waals surface area contributed by atoms with Gasteiger partial charge in [0.15, 0.2) is 6.61 Å². The van der Waals surface area contributed by atoms with Gasteiger partial charge in [-0.05, 0) is 48.9 Å². The summed E-state index contributed by atoms with van der Waals surface area (Å²) in [6, 6.07) is 13.8. The second-order valence-electron chi connectivity index (χ2n) is 7.09. The van der Waals surface area contributed by atoms with Crippen molar-refractivity contribution in [3.8, 4) is 11.5 Å². The summed E-state index contributed by atoms with van der Waals surface area (Å²) in [5.74, 6) is 0.951. The largest absolute Gasteiger partial charge is 0.497 e. The van der Waals surface area contributed by atoms with Crippen molar-refractivity contribution in [3.63, 3.8) is 0 Å². The van der Waals surface area contributed by atoms with Crippen molar-refractivity contribution < 1.29 is 23.8 Å². The Hall–Kier alpha value is -2.77. The number of nitrogens with zero attached hydrogens (tertiary/aromatic N) is 2. The predicted octanol–water partition coefficient (Wildman–Crippen LogP) is 3.18. The van der Waals surface area contributed by atoms with Gasteiger partial charge in [-0.3, -0.25) is 9.69 Å². The van der Waals surface area contributed by atoms with Gasteiger partial charge in [0.05, 0.1) is 13.7 Å². The lowest BCUT2D eigenvalue weighted by Crippen LogP contribution is -2.52. The zero-order valence-electron chi connectivity index (χ0n) is 17.8. The Kier molecular flexibility index (Phi) is 8.14. The average Bonchev–Trinajstić information content (AvgIpc) is 2.80. The Bertz CT molecular complexity index is 865. The fraction of sp³-hybridized carbons (Fsp3) is 0.391. The first kappa shape index (κ1) is 22.9. The number of carbonyl (C=O) groups is 2. The molecular weight excluding hydrogens is 420 g/mol. The van der Waals surface area contributed by atoms with E-state index in [9.17, 15) is 9.59 Å². The smallest absolute Gasteiger partial charge is 0.328 e. The topological polar surface area (TPSA) is 68.3 Å². The van der Waals surface area contributed by atoms with Gasteiger partial charge in [-0.25, -0.2) is 4.79 Å². The molecular formula is C23H27ClN2O5. The second-order valence-corrected chi connectivity index (χ2v) is 7.52. The van der Waals surface area contributed by atoms with Crippen LogP contribution < -0.4 is 9.47 Å². The number of ether oxygens (including phenoxy) is 3. The Labute approximate surface area is 187 Å². The third kappa shape index (κ3) is 6.12. The molecule has 0 saturated carbocycles. The molecule has 1 fully saturated rings. The van der Waals surface area contributed by atoms with Crippen molar-refractivity contribution >= 4 is 23.5 Å². The van der Waals surface area contributed by atoms with Crippen molar-refractivity contribution in [1.29, 1.82) is 0 Å². The molecule has 1 aliphatic heterocycles. The molecule has 8 heteroatoms. The van der Waals surface area contributed by atoms with E-state index in [1.54, 1.807) is 55.3 Å². The molecule has 1 saturated heterocycles. The molecule has 3 rings (SSSR count). The van der Waals surface area contributed by atoms with E-state index < -0.39 is 6.04 Å². The molecule has 0 aromatic heterocycles. The number of esters is 1. The molecule has 0 aliphatic carbocycles. The maximum absolute atomic E-state index is 12.6. The van der Waals surface area contributed by atoms with Crippen LogP contribution in [0.1, 0.15) is 18.5 Å². The maximum Gasteiger partial charge on any atom is 0.328 e. The lowest BCUT2D eigenvalue weighted by molar-refractivity contribution is -0.151. The quantitative estimate of drug-likeness (QED) is 0.580. The number of carbonyl (C=O) groups excluding carboxylic acids is 2. The molecule has 2 aromatic carbocycles. The van der Waals surface area contributed by atoms with E-state index >= 15 is 0 Å². The van der Waals surface area contributed by atoms with Gasteiger partial charge >= 0.3 is 5.97 Å². The van der Waals surface area contributed by atoms with Crippen LogP contribution in [-0.2, 0) is 14.3 Å². The third-order valence-electron chi connectivity index (χ3n) is 5.15. The van der Waals surface area contributed by atoms with Crippen molar-refractivity contribution in [2.75, 3.05) is 46.5 Å². The zero-order valence-corrected chi connectivity index (χ0v) is 18.5. The van der Waals surface area contributed by atoms with Gasteiger partial charge < -0.3 is 19.1 Å². The number of halogens is 1. The Morgan fingerprint density at radius 2 is 1.58 bits per heavy atom. The predicted molar refractivity (Wildman–Crippen MR) is 117 cm³/mol. The first-order valence-electron chi connectivity index (χ1n) is 10.2. The van der Waals surface area contributed by atoms with E-state index in [-0.39, 0.29) is 18.5 Å². The van der Waals surface area contributed by atoms with Crippen LogP contribution in [0.25, 0.3) is 0 Å². The van der Waals surface area contributed by atoms with Gasteiger partial charge in [-0.15, -0.1) is 0 Å². The van der Waals surface area contributed by atoms with E-state index in [4.69, 9.17) is 25.8 Å². The third-order valence-corrected chi connectivity index (χ3v) is 5.40. The molecule has 7 nitrogen and oxygen atoms in total. The highest BCUT2D eigenvalue weighted by atomic mass is 35.5. The number of hydrogen-bond donors (Lipinski definition) is 0. The summed E-state index contributed by atoms with van der Waals surface area (Å²) >= 11 is 5.99. The monoisotopic (exact) mass is 446 g/mol. The summed E-state index contributed by atoms with van der Waals surface area (Å²) in [6.45, 7) is 4.19. The van der Waals surface area contributed by atoms with Gasteiger partial charge in [0.2, 0.25) is 0 Å². The molecule has 1 heterocycles. The minimum absolute atomic E-state index is 0.0369. The fourth-order valence-corrected chi connectivity index (χ4v) is 3.63. The summed E-state index contributed by atoms with van der Waals surface area (Å²) < 4.78 is 16.0. The van der Waals surface area contributed by atoms with Crippen LogP contribution in [0.4, 0.5) is 0 Å². The molecule has 1 unspecified atom stereocenters. The van der Waals surface area contributed by atoms with Gasteiger partial charge in [-0.2, -0.15) is 0 Å². The molecule has 0 radical (unpaired) electrons. The van der Waals surface area contributed by atoms with Crippen LogP contribution in [0.2, 0.25) is 5.02 Å². The van der Waals surface area contributed by atoms with Crippen molar-refractivity contribution in [3.05, 3.63) is 59.1 Å². The first-order valence-corrected chi connectivity index (χ1v) is 10.6. The minimum Gasteiger partial charge on any atom is -0.497 e. The van der Waals surface area contributed by atoms with Crippen molar-refractivity contribution in [1.82, 2.24) is 9.80 Å². The lowest BCUT2D eigenvalue weighted by atomic mass is 10.0. The summed E-state index contributed by atoms with van der Waals surface area (Å²) in [5, 5.41) is 0.610. The number of hydrogen-bond acceptors (Lipinski definition) is 6. The molecule has 31 heavy (non-hydrogen) atoms. The van der Waals surface area contributed by atoms with Crippen LogP contribution in [0.3, 0.4) is 0 Å². The molecule has 0 bridgehead atoms. The standard InChI is InChI=1S/C23H27ClN2O5/c1-3-30-23(28)22(17-4-6-18(24)7-5-17)26-14-12-25(13-15-26)21(27)16-31-20-10-8-19(29-2)9-11-20/h4-11,22H,3,12-16H2,1-2H3. The van der Waals surface area contributed by atoms with E-state index in [2.05, 4.69) is 0 Å². The highest BCUT2D eigenvalue weighted by Gasteiger charge is 2.32. The van der Waals surface area contributed by atoms with Gasteiger partial charge in [0, 0.05) is 31.2 Å². The van der Waals surface area contributed by atoms with Crippen LogP contribution in [0, 0.1) is 0 Å². The molecule has 0 spiro atoms. The summed E-state index contributed by atoms with van der Waals surface area (Å²) in [7, 11) is 1.60. The Balaban J connectivity index is 1.57. The van der Waals surface area contributed by atoms with E-state index in [1.807, 2.05) is 17.0 Å². The molecule has 0 N–H and O–H groups in total. The molecule has 1 aliphatic rings. The summed E-state index contributed by atoms with van der Waals surface area (Å²) in [6.07, 6.45) is 0. The van der Waals surface area contributed by atoms with Crippen LogP contribution in [-0.4, -0.2) is 68.2 Å². The number of rotatable bonds is 8. The van der Waals surface area contributed by atoms with Gasteiger partial charge in [-0.1, -0.05) is 23.7 Å². The normalized spacial score (nSPS) is 15.3. The number of benzene rings is 2. The van der Waals surface area contributed by atoms with E-state index in [1.165, 1.54) is 0 Å². The highest BCUT2D eigenvalue weighted by Crippen LogP contribution is 2.25. The number of piperazine rings is 1. The zero-order chi connectivity index (χ0) is 22.2. The van der Waals surface area contributed by atoms with Crippen LogP contribution in [0.5, 0.6) is 11.5 Å². The first-order chi connectivity index (χ1) is 15.0. The average molecular weight is 447 g/mol. The molecule has 1 amide bonds. The summed E-state index contributed by atoms with van der Waals surface area (Å²) in [4.78, 5) is 29.0.